The lowest BCUT2D eigenvalue weighted by Crippen LogP contribution is -2.29. The second-order valence-corrected chi connectivity index (χ2v) is 7.40. The number of aromatic nitrogens is 6. The fourth-order valence-electron chi connectivity index (χ4n) is 4.03. The molecule has 152 valence electrons. The Balaban J connectivity index is 1.40. The highest BCUT2D eigenvalue weighted by Gasteiger charge is 2.29. The molecule has 1 saturated heterocycles. The van der Waals surface area contributed by atoms with Crippen molar-refractivity contribution in [1.82, 2.24) is 34.0 Å². The molecule has 0 bridgehead atoms. The highest BCUT2D eigenvalue weighted by atomic mass is 16.2. The summed E-state index contributed by atoms with van der Waals surface area (Å²) in [6, 6.07) is 7.18. The van der Waals surface area contributed by atoms with Gasteiger partial charge in [-0.2, -0.15) is 0 Å². The SMILES string of the molecule is Cc1c[nH]c(=O)n1-c1cccc(C(=O)N2CCC(n3cnc4c(N)ncnc43)C2)c1. The zero-order chi connectivity index (χ0) is 20.8. The number of fused-ring (bicyclic) bond motifs is 1. The number of nitrogen functional groups attached to an aromatic ring is 1. The van der Waals surface area contributed by atoms with Gasteiger partial charge in [-0.25, -0.2) is 19.7 Å². The maximum atomic E-state index is 13.1. The molecule has 4 aromatic rings. The number of carbonyl (C=O) groups excluding carboxylic acids is 1. The van der Waals surface area contributed by atoms with Crippen molar-refractivity contribution in [2.75, 3.05) is 18.8 Å². The van der Waals surface area contributed by atoms with Crippen LogP contribution in [-0.4, -0.2) is 53.0 Å². The van der Waals surface area contributed by atoms with Crippen LogP contribution in [0.1, 0.15) is 28.5 Å². The molecule has 0 radical (unpaired) electrons. The van der Waals surface area contributed by atoms with Crippen molar-refractivity contribution >= 4 is 22.9 Å². The molecule has 10 heteroatoms. The molecule has 3 N–H and O–H groups in total. The van der Waals surface area contributed by atoms with Gasteiger partial charge in [-0.15, -0.1) is 0 Å². The molecule has 5 rings (SSSR count). The molecule has 0 aliphatic carbocycles. The van der Waals surface area contributed by atoms with Crippen LogP contribution in [0.2, 0.25) is 0 Å². The van der Waals surface area contributed by atoms with Crippen LogP contribution in [0.5, 0.6) is 0 Å². The summed E-state index contributed by atoms with van der Waals surface area (Å²) in [5.41, 5.74) is 8.87. The number of amides is 1. The third kappa shape index (κ3) is 2.84. The Labute approximate surface area is 171 Å². The number of H-pyrrole nitrogens is 1. The second kappa shape index (κ2) is 6.83. The van der Waals surface area contributed by atoms with Gasteiger partial charge in [0.05, 0.1) is 18.1 Å². The van der Waals surface area contributed by atoms with Crippen molar-refractivity contribution in [2.45, 2.75) is 19.4 Å². The lowest BCUT2D eigenvalue weighted by atomic mass is 10.1. The van der Waals surface area contributed by atoms with Crippen molar-refractivity contribution in [2.24, 2.45) is 0 Å². The first kappa shape index (κ1) is 18.1. The van der Waals surface area contributed by atoms with Crippen LogP contribution in [0.25, 0.3) is 16.9 Å². The molecule has 4 heterocycles. The number of likely N-dealkylation sites (tertiary alicyclic amines) is 1. The molecule has 0 spiro atoms. The number of imidazole rings is 2. The first-order valence-corrected chi connectivity index (χ1v) is 9.62. The average molecular weight is 404 g/mol. The minimum Gasteiger partial charge on any atom is -0.382 e. The molecule has 1 atom stereocenters. The third-order valence-electron chi connectivity index (χ3n) is 5.54. The van der Waals surface area contributed by atoms with E-state index in [-0.39, 0.29) is 17.6 Å². The van der Waals surface area contributed by atoms with E-state index < -0.39 is 0 Å². The van der Waals surface area contributed by atoms with Gasteiger partial charge in [0, 0.05) is 30.5 Å². The zero-order valence-electron chi connectivity index (χ0n) is 16.3. The van der Waals surface area contributed by atoms with E-state index in [4.69, 9.17) is 5.73 Å². The summed E-state index contributed by atoms with van der Waals surface area (Å²) in [7, 11) is 0. The molecule has 1 aromatic carbocycles. The van der Waals surface area contributed by atoms with Crippen LogP contribution < -0.4 is 11.4 Å². The number of hydrogen-bond donors (Lipinski definition) is 2. The van der Waals surface area contributed by atoms with Crippen LogP contribution in [0, 0.1) is 6.92 Å². The van der Waals surface area contributed by atoms with Gasteiger partial charge in [0.15, 0.2) is 11.5 Å². The molecule has 1 amide bonds. The van der Waals surface area contributed by atoms with E-state index >= 15 is 0 Å². The lowest BCUT2D eigenvalue weighted by molar-refractivity contribution is 0.0788. The maximum Gasteiger partial charge on any atom is 0.330 e. The predicted octanol–water partition coefficient (Wildman–Crippen LogP) is 1.28. The Hall–Kier alpha value is -3.95. The van der Waals surface area contributed by atoms with Crippen LogP contribution in [-0.2, 0) is 0 Å². The molecular formula is C20H20N8O2. The minimum atomic E-state index is -0.230. The number of nitrogens with one attached hydrogen (secondary N) is 1. The number of nitrogens with two attached hydrogens (primary N) is 1. The predicted molar refractivity (Wildman–Crippen MR) is 110 cm³/mol. The Morgan fingerprint density at radius 3 is 2.93 bits per heavy atom. The first-order chi connectivity index (χ1) is 14.5. The molecular weight excluding hydrogens is 384 g/mol. The number of hydrogen-bond acceptors (Lipinski definition) is 6. The van der Waals surface area contributed by atoms with E-state index in [1.54, 1.807) is 35.3 Å². The van der Waals surface area contributed by atoms with Crippen molar-refractivity contribution in [1.29, 1.82) is 0 Å². The number of aryl methyl sites for hydroxylation is 1. The zero-order valence-corrected chi connectivity index (χ0v) is 16.3. The smallest absolute Gasteiger partial charge is 0.330 e. The van der Waals surface area contributed by atoms with Gasteiger partial charge in [-0.05, 0) is 31.5 Å². The van der Waals surface area contributed by atoms with Gasteiger partial charge in [0.1, 0.15) is 11.8 Å². The summed E-state index contributed by atoms with van der Waals surface area (Å²) >= 11 is 0. The Morgan fingerprint density at radius 2 is 2.13 bits per heavy atom. The van der Waals surface area contributed by atoms with Gasteiger partial charge < -0.3 is 20.2 Å². The van der Waals surface area contributed by atoms with E-state index in [2.05, 4.69) is 19.9 Å². The number of aromatic amines is 1. The van der Waals surface area contributed by atoms with Crippen molar-refractivity contribution in [3.8, 4) is 5.69 Å². The molecule has 3 aromatic heterocycles. The van der Waals surface area contributed by atoms with Crippen LogP contribution in [0.15, 0.2) is 47.9 Å². The standard InChI is InChI=1S/C20H20N8O2/c1-12-8-22-20(30)28(12)14-4-2-3-13(7-14)19(29)26-6-5-15(9-26)27-11-25-16-17(21)23-10-24-18(16)27/h2-4,7-8,10-11,15H,5-6,9H2,1H3,(H,22,30)(H2,21,23,24). The summed E-state index contributed by atoms with van der Waals surface area (Å²) in [5, 5.41) is 0. The van der Waals surface area contributed by atoms with Crippen LogP contribution >= 0.6 is 0 Å². The van der Waals surface area contributed by atoms with Crippen LogP contribution in [0.3, 0.4) is 0 Å². The molecule has 1 unspecified atom stereocenters. The highest BCUT2D eigenvalue weighted by Crippen LogP contribution is 2.27. The van der Waals surface area contributed by atoms with Gasteiger partial charge >= 0.3 is 5.69 Å². The van der Waals surface area contributed by atoms with Crippen molar-refractivity contribution < 1.29 is 4.79 Å². The summed E-state index contributed by atoms with van der Waals surface area (Å²) in [5.74, 6) is 0.274. The van der Waals surface area contributed by atoms with E-state index in [0.29, 0.717) is 41.3 Å². The first-order valence-electron chi connectivity index (χ1n) is 9.62. The topological polar surface area (TPSA) is 128 Å². The molecule has 1 fully saturated rings. The lowest BCUT2D eigenvalue weighted by Gasteiger charge is -2.18. The number of carbonyl (C=O) groups is 1. The van der Waals surface area contributed by atoms with E-state index in [1.165, 1.54) is 6.33 Å². The molecule has 0 saturated carbocycles. The number of benzene rings is 1. The average Bonchev–Trinajstić information content (AvgIpc) is 3.46. The van der Waals surface area contributed by atoms with Crippen molar-refractivity contribution in [3.05, 3.63) is 64.9 Å². The fraction of sp³-hybridized carbons (Fsp3) is 0.250. The number of nitrogens with zero attached hydrogens (tertiary/aromatic N) is 6. The summed E-state index contributed by atoms with van der Waals surface area (Å²) in [6.45, 7) is 3.00. The van der Waals surface area contributed by atoms with E-state index in [9.17, 15) is 9.59 Å². The van der Waals surface area contributed by atoms with E-state index in [0.717, 1.165) is 12.1 Å². The summed E-state index contributed by atoms with van der Waals surface area (Å²) in [6.07, 6.45) is 5.56. The highest BCUT2D eigenvalue weighted by molar-refractivity contribution is 5.95. The number of anilines is 1. The molecule has 1 aliphatic heterocycles. The summed E-state index contributed by atoms with van der Waals surface area (Å²) < 4.78 is 3.51. The Kier molecular flexibility index (Phi) is 4.12. The normalized spacial score (nSPS) is 16.4. The Morgan fingerprint density at radius 1 is 1.27 bits per heavy atom. The van der Waals surface area contributed by atoms with Gasteiger partial charge in [0.25, 0.3) is 5.91 Å². The summed E-state index contributed by atoms with van der Waals surface area (Å²) in [4.78, 5) is 42.3. The Bertz CT molecular complexity index is 1320. The van der Waals surface area contributed by atoms with Gasteiger partial charge in [0.2, 0.25) is 0 Å². The monoisotopic (exact) mass is 404 g/mol. The minimum absolute atomic E-state index is 0.0611. The van der Waals surface area contributed by atoms with Gasteiger partial charge in [-0.3, -0.25) is 9.36 Å². The molecule has 1 aliphatic rings. The van der Waals surface area contributed by atoms with Gasteiger partial charge in [-0.1, -0.05) is 6.07 Å². The van der Waals surface area contributed by atoms with Crippen molar-refractivity contribution in [3.63, 3.8) is 0 Å². The maximum absolute atomic E-state index is 13.1. The fourth-order valence-corrected chi connectivity index (χ4v) is 4.03. The quantitative estimate of drug-likeness (QED) is 0.529. The molecule has 30 heavy (non-hydrogen) atoms. The van der Waals surface area contributed by atoms with E-state index in [1.807, 2.05) is 22.5 Å². The second-order valence-electron chi connectivity index (χ2n) is 7.40. The van der Waals surface area contributed by atoms with Crippen LogP contribution in [0.4, 0.5) is 5.82 Å². The number of rotatable bonds is 3. The largest absolute Gasteiger partial charge is 0.382 e. The molecule has 10 nitrogen and oxygen atoms in total. The third-order valence-corrected chi connectivity index (χ3v) is 5.54.